The average molecular weight is 760 g/mol. The van der Waals surface area contributed by atoms with E-state index in [0.29, 0.717) is 74.9 Å². The highest BCUT2D eigenvalue weighted by Gasteiger charge is 2.42. The summed E-state index contributed by atoms with van der Waals surface area (Å²) in [4.78, 5) is 55.1. The maximum Gasteiger partial charge on any atom is 0.317 e. The second-order valence-electron chi connectivity index (χ2n) is 14.1. The number of thioether (sulfide) groups is 1. The van der Waals surface area contributed by atoms with Crippen LogP contribution in [0.3, 0.4) is 0 Å². The molecule has 0 bridgehead atoms. The van der Waals surface area contributed by atoms with Crippen molar-refractivity contribution in [2.75, 3.05) is 78.1 Å². The number of thiocarbonyl (C=S) groups is 1. The molecule has 3 saturated heterocycles. The fraction of sp³-hybridized carbons (Fsp3) is 0.844. The van der Waals surface area contributed by atoms with Crippen molar-refractivity contribution in [2.45, 2.75) is 87.2 Å². The van der Waals surface area contributed by atoms with Crippen LogP contribution in [0.4, 0.5) is 4.79 Å². The molecule has 4 unspecified atom stereocenters. The Morgan fingerprint density at radius 2 is 1.49 bits per heavy atom. The highest BCUT2D eigenvalue weighted by Crippen LogP contribution is 2.33. The second-order valence-corrected chi connectivity index (χ2v) is 15.8. The minimum Gasteiger partial charge on any atom is -0.480 e. The number of carboxylic acids is 2. The van der Waals surface area contributed by atoms with Crippen LogP contribution in [-0.4, -0.2) is 177 Å². The molecule has 0 aromatic heterocycles. The smallest absolute Gasteiger partial charge is 0.317 e. The number of urea groups is 1. The van der Waals surface area contributed by atoms with Gasteiger partial charge in [-0.2, -0.15) is 11.8 Å². The van der Waals surface area contributed by atoms with Gasteiger partial charge in [0.15, 0.2) is 5.11 Å². The lowest BCUT2D eigenvalue weighted by Gasteiger charge is -2.40. The average Bonchev–Trinajstić information content (AvgIpc) is 3.64. The first-order valence-electron chi connectivity index (χ1n) is 18.1. The number of carbonyl (C=O) groups is 4. The molecule has 3 heterocycles. The van der Waals surface area contributed by atoms with Gasteiger partial charge in [-0.25, -0.2) is 4.79 Å². The van der Waals surface area contributed by atoms with Gasteiger partial charge in [-0.3, -0.25) is 44.8 Å². The number of amides is 3. The lowest BCUT2D eigenvalue weighted by molar-refractivity contribution is -0.141. The first-order valence-corrected chi connectivity index (χ1v) is 19.6. The summed E-state index contributed by atoms with van der Waals surface area (Å²) in [5.41, 5.74) is 5.51. The number of hydrogen-bond donors (Lipinski definition) is 9. The number of hydrogen-bond acceptors (Lipinski definition) is 12. The molecule has 290 valence electrons. The maximum atomic E-state index is 12.4. The van der Waals surface area contributed by atoms with Crippen molar-refractivity contribution >= 4 is 53.0 Å². The number of hydrazine groups is 1. The van der Waals surface area contributed by atoms with E-state index in [0.717, 1.165) is 50.7 Å². The Balaban J connectivity index is 1.21. The van der Waals surface area contributed by atoms with Crippen LogP contribution < -0.4 is 26.8 Å². The van der Waals surface area contributed by atoms with Crippen LogP contribution >= 0.6 is 24.0 Å². The van der Waals surface area contributed by atoms with E-state index in [1.165, 1.54) is 0 Å². The van der Waals surface area contributed by atoms with E-state index >= 15 is 0 Å². The van der Waals surface area contributed by atoms with Gasteiger partial charge < -0.3 is 36.4 Å². The van der Waals surface area contributed by atoms with Crippen molar-refractivity contribution in [3.63, 3.8) is 0 Å². The van der Waals surface area contributed by atoms with E-state index in [1.807, 2.05) is 31.4 Å². The lowest BCUT2D eigenvalue weighted by atomic mass is 9.82. The number of aliphatic hydroxyl groups is 2. The summed E-state index contributed by atoms with van der Waals surface area (Å²) in [6.45, 7) is 2.30. The standard InChI is InChI=1S/C32H57N9O8S2/c42-20-38-9-10-39(21-43)13-14-41(18-29(47)48)24(16-40(12-11-38)17-28(45)46)15-22-5-7-23(8-6-22)33-32(50)37-36-27(44)4-2-1-3-26-30-25(19-51-26)34-31(49)35-30/h22-26,30,42-43H,1-21H2,(H,36,44)(H,45,46)(H,47,48)(H2,33,37,50)(H2,34,35,49). The molecule has 4 rings (SSSR count). The Labute approximate surface area is 309 Å². The molecule has 4 fully saturated rings. The van der Waals surface area contributed by atoms with Crippen molar-refractivity contribution < 1.29 is 39.6 Å². The first kappa shape index (κ1) is 41.2. The SMILES string of the molecule is O=C(O)CN1CCN(CO)CCN(CO)CCN(CC(=O)O)C(CC2CCC(NC(=S)NNC(=O)CCCCC3SCC4NC(=O)NC43)CC2)C1. The Morgan fingerprint density at radius 1 is 0.843 bits per heavy atom. The van der Waals surface area contributed by atoms with Crippen LogP contribution in [0.2, 0.25) is 0 Å². The van der Waals surface area contributed by atoms with Crippen LogP contribution in [-0.2, 0) is 14.4 Å². The molecule has 0 spiro atoms. The van der Waals surface area contributed by atoms with Gasteiger partial charge in [0, 0.05) is 75.3 Å². The lowest BCUT2D eigenvalue weighted by Crippen LogP contribution is -2.53. The van der Waals surface area contributed by atoms with E-state index in [9.17, 15) is 39.6 Å². The number of nitrogens with zero attached hydrogens (tertiary/aromatic N) is 4. The van der Waals surface area contributed by atoms with Crippen molar-refractivity contribution in [1.29, 1.82) is 0 Å². The Bertz CT molecular complexity index is 1170. The fourth-order valence-corrected chi connectivity index (χ4v) is 9.34. The van der Waals surface area contributed by atoms with E-state index in [4.69, 9.17) is 12.2 Å². The predicted molar refractivity (Wildman–Crippen MR) is 196 cm³/mol. The summed E-state index contributed by atoms with van der Waals surface area (Å²) in [6.07, 6.45) is 7.09. The number of carboxylic acid groups (broad SMARTS) is 2. The Hall–Kier alpha value is -2.52. The van der Waals surface area contributed by atoms with Gasteiger partial charge in [0.25, 0.3) is 0 Å². The molecule has 9 N–H and O–H groups in total. The molecule has 0 aromatic rings. The molecule has 51 heavy (non-hydrogen) atoms. The van der Waals surface area contributed by atoms with Crippen LogP contribution in [0.25, 0.3) is 0 Å². The third kappa shape index (κ3) is 14.1. The summed E-state index contributed by atoms with van der Waals surface area (Å²) in [7, 11) is 0. The molecule has 4 atom stereocenters. The Kier molecular flexibility index (Phi) is 17.2. The monoisotopic (exact) mass is 759 g/mol. The third-order valence-electron chi connectivity index (χ3n) is 10.4. The zero-order valence-electron chi connectivity index (χ0n) is 29.3. The first-order chi connectivity index (χ1) is 24.5. The molecule has 1 saturated carbocycles. The van der Waals surface area contributed by atoms with Crippen LogP contribution in [0.5, 0.6) is 0 Å². The van der Waals surface area contributed by atoms with Crippen LogP contribution in [0, 0.1) is 5.92 Å². The second kappa shape index (κ2) is 21.2. The van der Waals surface area contributed by atoms with E-state index < -0.39 is 11.9 Å². The van der Waals surface area contributed by atoms with Crippen molar-refractivity contribution in [2.24, 2.45) is 5.92 Å². The van der Waals surface area contributed by atoms with Gasteiger partial charge in [0.2, 0.25) is 5.91 Å². The highest BCUT2D eigenvalue weighted by molar-refractivity contribution is 8.00. The summed E-state index contributed by atoms with van der Waals surface area (Å²) < 4.78 is 0. The molecule has 0 aromatic carbocycles. The molecule has 0 radical (unpaired) electrons. The van der Waals surface area contributed by atoms with Crippen molar-refractivity contribution in [3.8, 4) is 0 Å². The van der Waals surface area contributed by atoms with Gasteiger partial charge in [-0.1, -0.05) is 6.42 Å². The van der Waals surface area contributed by atoms with Gasteiger partial charge in [0.1, 0.15) is 0 Å². The zero-order chi connectivity index (χ0) is 36.8. The quantitative estimate of drug-likeness (QED) is 0.0440. The summed E-state index contributed by atoms with van der Waals surface area (Å²) in [6, 6.07) is 0.174. The van der Waals surface area contributed by atoms with Gasteiger partial charge >= 0.3 is 18.0 Å². The normalized spacial score (nSPS) is 28.8. The van der Waals surface area contributed by atoms with Crippen molar-refractivity contribution in [1.82, 2.24) is 46.4 Å². The molecular formula is C32H57N9O8S2. The molecule has 17 nitrogen and oxygen atoms in total. The van der Waals surface area contributed by atoms with Crippen LogP contribution in [0.1, 0.15) is 57.8 Å². The molecular weight excluding hydrogens is 703 g/mol. The number of fused-ring (bicyclic) bond motifs is 1. The number of nitrogens with one attached hydrogen (secondary N) is 5. The zero-order valence-corrected chi connectivity index (χ0v) is 31.0. The minimum absolute atomic E-state index is 0.0932. The Morgan fingerprint density at radius 3 is 2.14 bits per heavy atom. The summed E-state index contributed by atoms with van der Waals surface area (Å²) >= 11 is 7.32. The number of carbonyl (C=O) groups excluding carboxylic acids is 2. The molecule has 3 aliphatic heterocycles. The van der Waals surface area contributed by atoms with E-state index in [2.05, 4.69) is 26.8 Å². The number of unbranched alkanes of at least 4 members (excludes halogenated alkanes) is 1. The largest absolute Gasteiger partial charge is 0.480 e. The molecule has 4 aliphatic rings. The number of rotatable bonds is 14. The summed E-state index contributed by atoms with van der Waals surface area (Å²) in [5.74, 6) is -0.847. The van der Waals surface area contributed by atoms with Gasteiger partial charge in [0.05, 0.1) is 38.6 Å². The van der Waals surface area contributed by atoms with Crippen LogP contribution in [0.15, 0.2) is 0 Å². The topological polar surface area (TPSA) is 222 Å². The fourth-order valence-electron chi connectivity index (χ4n) is 7.58. The number of aliphatic carboxylic acids is 2. The molecule has 3 amide bonds. The minimum atomic E-state index is -0.962. The molecule has 19 heteroatoms. The van der Waals surface area contributed by atoms with Crippen molar-refractivity contribution in [3.05, 3.63) is 0 Å². The van der Waals surface area contributed by atoms with E-state index in [1.54, 1.807) is 0 Å². The van der Waals surface area contributed by atoms with Gasteiger partial charge in [-0.05, 0) is 63.1 Å². The van der Waals surface area contributed by atoms with Gasteiger partial charge in [-0.15, -0.1) is 0 Å². The third-order valence-corrected chi connectivity index (χ3v) is 12.2. The number of aliphatic hydroxyl groups excluding tert-OH is 2. The summed E-state index contributed by atoms with van der Waals surface area (Å²) in [5, 5.41) is 49.2. The maximum absolute atomic E-state index is 12.4. The predicted octanol–water partition coefficient (Wildman–Crippen LogP) is -1.18. The van der Waals surface area contributed by atoms with E-state index in [-0.39, 0.29) is 62.7 Å². The highest BCUT2D eigenvalue weighted by atomic mass is 32.2. The molecule has 1 aliphatic carbocycles.